The molecule has 210 valence electrons. The second-order valence-electron chi connectivity index (χ2n) is 9.95. The molecule has 6 aromatic rings. The quantitative estimate of drug-likeness (QED) is 0.251. The Balaban J connectivity index is 1.41. The van der Waals surface area contributed by atoms with E-state index in [2.05, 4.69) is 6.07 Å². The van der Waals surface area contributed by atoms with Crippen LogP contribution in [0.15, 0.2) is 79.1 Å². The van der Waals surface area contributed by atoms with Crippen molar-refractivity contribution in [1.29, 1.82) is 0 Å². The van der Waals surface area contributed by atoms with E-state index in [1.54, 1.807) is 32.2 Å². The second-order valence-corrected chi connectivity index (χ2v) is 9.95. The van der Waals surface area contributed by atoms with Crippen molar-refractivity contribution in [3.05, 3.63) is 113 Å². The van der Waals surface area contributed by atoms with Gasteiger partial charge in [-0.25, -0.2) is 19.2 Å². The molecular weight excluding hydrogens is 532 g/mol. The summed E-state index contributed by atoms with van der Waals surface area (Å²) in [4.78, 5) is 9.72. The van der Waals surface area contributed by atoms with Crippen molar-refractivity contribution >= 4 is 5.65 Å². The first kappa shape index (κ1) is 25.6. The van der Waals surface area contributed by atoms with Crippen molar-refractivity contribution in [2.24, 2.45) is 0 Å². The van der Waals surface area contributed by atoms with Crippen molar-refractivity contribution in [2.75, 3.05) is 21.3 Å². The monoisotopic (exact) mass is 560 g/mol. The molecule has 0 unspecified atom stereocenters. The molecule has 1 atom stereocenters. The number of aryl methyl sites for hydroxylation is 1. The number of ether oxygens (including phenoxy) is 4. The van der Waals surface area contributed by atoms with E-state index in [1.807, 2.05) is 78.3 Å². The third-order valence-electron chi connectivity index (χ3n) is 7.52. The van der Waals surface area contributed by atoms with E-state index in [1.165, 1.54) is 0 Å². The normalized spacial score (nSPS) is 13.8. The number of rotatable bonds is 7. The van der Waals surface area contributed by atoms with E-state index in [-0.39, 0.29) is 5.92 Å². The van der Waals surface area contributed by atoms with Gasteiger partial charge in [0.05, 0.1) is 49.8 Å². The van der Waals surface area contributed by atoms with Gasteiger partial charge in [-0.05, 0) is 42.8 Å². The lowest BCUT2D eigenvalue weighted by molar-refractivity contribution is 0.354. The molecule has 0 radical (unpaired) electrons. The highest BCUT2D eigenvalue weighted by Gasteiger charge is 2.39. The maximum Gasteiger partial charge on any atom is 0.230 e. The van der Waals surface area contributed by atoms with Crippen LogP contribution < -0.4 is 18.9 Å². The van der Waals surface area contributed by atoms with E-state index in [9.17, 15) is 0 Å². The van der Waals surface area contributed by atoms with Crippen molar-refractivity contribution in [3.8, 4) is 34.7 Å². The van der Waals surface area contributed by atoms with Crippen LogP contribution in [0.1, 0.15) is 39.7 Å². The highest BCUT2D eigenvalue weighted by molar-refractivity contribution is 5.67. The fourth-order valence-corrected chi connectivity index (χ4v) is 5.63. The summed E-state index contributed by atoms with van der Waals surface area (Å²) in [5.41, 5.74) is 6.06. The minimum Gasteiger partial charge on any atom is -0.496 e. The number of benzene rings is 3. The van der Waals surface area contributed by atoms with Gasteiger partial charge in [0.15, 0.2) is 23.0 Å². The van der Waals surface area contributed by atoms with Crippen LogP contribution in [0.25, 0.3) is 11.3 Å². The first-order valence-electron chi connectivity index (χ1n) is 13.5. The van der Waals surface area contributed by atoms with Crippen LogP contribution in [0.5, 0.6) is 29.0 Å². The molecule has 1 aliphatic heterocycles. The van der Waals surface area contributed by atoms with Crippen LogP contribution >= 0.6 is 0 Å². The van der Waals surface area contributed by atoms with Gasteiger partial charge < -0.3 is 18.9 Å². The van der Waals surface area contributed by atoms with E-state index in [4.69, 9.17) is 39.1 Å². The molecule has 0 aliphatic carbocycles. The molecule has 0 spiro atoms. The Bertz CT molecular complexity index is 1930. The minimum absolute atomic E-state index is 0.313. The largest absolute Gasteiger partial charge is 0.496 e. The van der Waals surface area contributed by atoms with Crippen molar-refractivity contribution in [2.45, 2.75) is 19.3 Å². The topological polar surface area (TPSA) is 97.8 Å². The fourth-order valence-electron chi connectivity index (χ4n) is 5.63. The Kier molecular flexibility index (Phi) is 6.23. The third kappa shape index (κ3) is 4.11. The average molecular weight is 561 g/mol. The maximum absolute atomic E-state index is 6.54. The molecule has 10 nitrogen and oxygen atoms in total. The fraction of sp³-hybridized carbons (Fsp3) is 0.188. The Morgan fingerprint density at radius 2 is 1.57 bits per heavy atom. The third-order valence-corrected chi connectivity index (χ3v) is 7.52. The van der Waals surface area contributed by atoms with Gasteiger partial charge in [-0.3, -0.25) is 0 Å². The first-order chi connectivity index (χ1) is 20.6. The smallest absolute Gasteiger partial charge is 0.230 e. The summed E-state index contributed by atoms with van der Waals surface area (Å²) in [6.45, 7) is 1.99. The van der Waals surface area contributed by atoms with Crippen LogP contribution in [0, 0.1) is 6.92 Å². The molecule has 0 saturated heterocycles. The minimum atomic E-state index is -0.313. The number of fused-ring (bicyclic) bond motifs is 4. The zero-order chi connectivity index (χ0) is 28.8. The molecule has 0 fully saturated rings. The summed E-state index contributed by atoms with van der Waals surface area (Å²) in [5, 5.41) is 9.69. The molecule has 0 bridgehead atoms. The van der Waals surface area contributed by atoms with E-state index < -0.39 is 0 Å². The summed E-state index contributed by atoms with van der Waals surface area (Å²) >= 11 is 0. The Morgan fingerprint density at radius 1 is 0.810 bits per heavy atom. The standard InChI is InChI=1S/C32H28N6O4/c1-19-27-28(22-12-8-9-13-23(22)39-2)29-30-34-26(17-20-14-15-24(40-3)25(16-20)41-4)36-37(30)18-33-31(29)42-32(27)38(35-19)21-10-6-5-7-11-21/h5-16,18,28H,17H2,1-4H3/t28-/m0/s1. The predicted molar refractivity (Wildman–Crippen MR) is 155 cm³/mol. The molecule has 0 amide bonds. The van der Waals surface area contributed by atoms with Gasteiger partial charge in [-0.2, -0.15) is 5.10 Å². The van der Waals surface area contributed by atoms with Crippen LogP contribution in [-0.4, -0.2) is 50.7 Å². The molecule has 7 rings (SSSR count). The van der Waals surface area contributed by atoms with Crippen molar-refractivity contribution in [1.82, 2.24) is 29.4 Å². The molecule has 3 aromatic heterocycles. The van der Waals surface area contributed by atoms with Gasteiger partial charge in [-0.1, -0.05) is 42.5 Å². The summed E-state index contributed by atoms with van der Waals surface area (Å²) in [7, 11) is 4.92. The molecule has 0 N–H and O–H groups in total. The van der Waals surface area contributed by atoms with Crippen molar-refractivity contribution < 1.29 is 18.9 Å². The van der Waals surface area contributed by atoms with Crippen LogP contribution in [0.2, 0.25) is 0 Å². The summed E-state index contributed by atoms with van der Waals surface area (Å²) < 4.78 is 26.8. The van der Waals surface area contributed by atoms with Gasteiger partial charge in [0.25, 0.3) is 0 Å². The van der Waals surface area contributed by atoms with Gasteiger partial charge in [0, 0.05) is 12.0 Å². The summed E-state index contributed by atoms with van der Waals surface area (Å²) in [5.74, 6) is 3.46. The summed E-state index contributed by atoms with van der Waals surface area (Å²) in [6.07, 6.45) is 2.13. The van der Waals surface area contributed by atoms with E-state index in [0.29, 0.717) is 41.2 Å². The SMILES string of the molecule is COc1ccc(Cc2nc3c4c(ncn3n2)Oc2c(c(C)nn2-c2ccccc2)[C@@H]4c2ccccc2OC)cc1OC. The lowest BCUT2D eigenvalue weighted by Crippen LogP contribution is -2.16. The Hall–Kier alpha value is -5.38. The first-order valence-corrected chi connectivity index (χ1v) is 13.5. The number of aromatic nitrogens is 6. The Morgan fingerprint density at radius 3 is 2.36 bits per heavy atom. The highest BCUT2D eigenvalue weighted by Crippen LogP contribution is 2.51. The lowest BCUT2D eigenvalue weighted by Gasteiger charge is -2.27. The molecular formula is C32H28N6O4. The van der Waals surface area contributed by atoms with Crippen molar-refractivity contribution in [3.63, 3.8) is 0 Å². The molecule has 42 heavy (non-hydrogen) atoms. The molecule has 1 aliphatic rings. The number of nitrogens with zero attached hydrogens (tertiary/aromatic N) is 6. The van der Waals surface area contributed by atoms with E-state index in [0.717, 1.165) is 39.4 Å². The van der Waals surface area contributed by atoms with Crippen LogP contribution in [-0.2, 0) is 6.42 Å². The van der Waals surface area contributed by atoms with Crippen LogP contribution in [0.3, 0.4) is 0 Å². The van der Waals surface area contributed by atoms with Gasteiger partial charge in [0.1, 0.15) is 12.1 Å². The van der Waals surface area contributed by atoms with Gasteiger partial charge in [-0.15, -0.1) is 5.10 Å². The maximum atomic E-state index is 6.54. The van der Waals surface area contributed by atoms with E-state index >= 15 is 0 Å². The zero-order valence-corrected chi connectivity index (χ0v) is 23.6. The molecule has 0 saturated carbocycles. The molecule has 4 heterocycles. The number of hydrogen-bond donors (Lipinski definition) is 0. The summed E-state index contributed by atoms with van der Waals surface area (Å²) in [6, 6.07) is 23.7. The van der Waals surface area contributed by atoms with Gasteiger partial charge in [0.2, 0.25) is 11.8 Å². The number of para-hydroxylation sites is 2. The highest BCUT2D eigenvalue weighted by atomic mass is 16.5. The van der Waals surface area contributed by atoms with Crippen LogP contribution in [0.4, 0.5) is 0 Å². The number of hydrogen-bond acceptors (Lipinski definition) is 8. The average Bonchev–Trinajstić information content (AvgIpc) is 3.60. The second kappa shape index (κ2) is 10.2. The predicted octanol–water partition coefficient (Wildman–Crippen LogP) is 5.52. The zero-order valence-electron chi connectivity index (χ0n) is 23.6. The number of methoxy groups -OCH3 is 3. The van der Waals surface area contributed by atoms with Gasteiger partial charge >= 0.3 is 0 Å². The lowest BCUT2D eigenvalue weighted by atomic mass is 9.84. The Labute approximate surface area is 242 Å². The molecule has 10 heteroatoms. The molecule has 3 aromatic carbocycles.